The highest BCUT2D eigenvalue weighted by molar-refractivity contribution is 5.43. The largest absolute Gasteiger partial charge is 0.314 e. The van der Waals surface area contributed by atoms with E-state index in [1.54, 1.807) is 0 Å². The highest BCUT2D eigenvalue weighted by Crippen LogP contribution is 2.39. The molecule has 1 atom stereocenters. The first-order chi connectivity index (χ1) is 11.2. The second-order valence-corrected chi connectivity index (χ2v) is 6.93. The summed E-state index contributed by atoms with van der Waals surface area (Å²) in [5.74, 6) is 0.629. The zero-order valence-corrected chi connectivity index (χ0v) is 14.0. The van der Waals surface area contributed by atoms with Gasteiger partial charge in [0.2, 0.25) is 0 Å². The minimum Gasteiger partial charge on any atom is -0.314 e. The second kappa shape index (κ2) is 7.41. The first-order valence-corrected chi connectivity index (χ1v) is 8.86. The fourth-order valence-electron chi connectivity index (χ4n) is 4.20. The number of aryl methyl sites for hydroxylation is 1. The summed E-state index contributed by atoms with van der Waals surface area (Å²) < 4.78 is 0. The Morgan fingerprint density at radius 1 is 1.22 bits per heavy atom. The summed E-state index contributed by atoms with van der Waals surface area (Å²) in [6.45, 7) is 5.91. The van der Waals surface area contributed by atoms with Gasteiger partial charge in [-0.1, -0.05) is 31.4 Å². The van der Waals surface area contributed by atoms with Crippen LogP contribution in [0.25, 0.3) is 0 Å². The van der Waals surface area contributed by atoms with Crippen LogP contribution < -0.4 is 5.32 Å². The Morgan fingerprint density at radius 3 is 2.57 bits per heavy atom. The molecule has 0 amide bonds. The normalized spacial score (nSPS) is 22.0. The van der Waals surface area contributed by atoms with Crippen LogP contribution in [0, 0.1) is 23.0 Å². The Kier molecular flexibility index (Phi) is 5.28. The maximum absolute atomic E-state index is 11.3. The van der Waals surface area contributed by atoms with E-state index in [0.717, 1.165) is 37.3 Å². The quantitative estimate of drug-likeness (QED) is 0.683. The van der Waals surface area contributed by atoms with Crippen molar-refractivity contribution < 1.29 is 4.92 Å². The topological polar surface area (TPSA) is 58.4 Å². The zero-order chi connectivity index (χ0) is 16.2. The molecule has 3 rings (SSSR count). The molecule has 1 saturated heterocycles. The third kappa shape index (κ3) is 3.72. The Balaban J connectivity index is 1.93. The molecule has 0 radical (unpaired) electrons. The van der Waals surface area contributed by atoms with E-state index in [2.05, 4.69) is 16.3 Å². The minimum atomic E-state index is -0.242. The maximum atomic E-state index is 11.3. The summed E-state index contributed by atoms with van der Waals surface area (Å²) in [5.41, 5.74) is 2.15. The van der Waals surface area contributed by atoms with Crippen molar-refractivity contribution in [2.75, 3.05) is 26.2 Å². The lowest BCUT2D eigenvalue weighted by Crippen LogP contribution is -2.47. The molecule has 126 valence electrons. The summed E-state index contributed by atoms with van der Waals surface area (Å²) in [6.07, 6.45) is 6.41. The predicted molar refractivity (Wildman–Crippen MR) is 91.6 cm³/mol. The Morgan fingerprint density at radius 2 is 1.91 bits per heavy atom. The number of piperazine rings is 1. The van der Waals surface area contributed by atoms with Crippen molar-refractivity contribution in [3.63, 3.8) is 0 Å². The molecule has 0 spiro atoms. The summed E-state index contributed by atoms with van der Waals surface area (Å²) >= 11 is 0. The first-order valence-electron chi connectivity index (χ1n) is 8.86. The van der Waals surface area contributed by atoms with Crippen molar-refractivity contribution in [1.29, 1.82) is 0 Å². The number of hydrogen-bond acceptors (Lipinski definition) is 4. The van der Waals surface area contributed by atoms with Crippen LogP contribution in [0.5, 0.6) is 0 Å². The van der Waals surface area contributed by atoms with Gasteiger partial charge in [0, 0.05) is 43.9 Å². The molecule has 1 N–H and O–H groups in total. The molecule has 1 aromatic carbocycles. The van der Waals surface area contributed by atoms with Crippen LogP contribution in [0.1, 0.15) is 49.3 Å². The third-order valence-corrected chi connectivity index (χ3v) is 5.41. The lowest BCUT2D eigenvalue weighted by atomic mass is 9.80. The molecule has 1 saturated carbocycles. The molecule has 1 heterocycles. The van der Waals surface area contributed by atoms with E-state index in [-0.39, 0.29) is 10.6 Å². The van der Waals surface area contributed by atoms with Gasteiger partial charge in [0.1, 0.15) is 0 Å². The van der Waals surface area contributed by atoms with E-state index in [9.17, 15) is 10.1 Å². The number of nitro benzene ring substituents is 1. The molecule has 1 aromatic rings. The second-order valence-electron chi connectivity index (χ2n) is 6.93. The molecule has 5 heteroatoms. The fraction of sp³-hybridized carbons (Fsp3) is 0.667. The number of rotatable bonds is 4. The average Bonchev–Trinajstić information content (AvgIpc) is 2.58. The van der Waals surface area contributed by atoms with Gasteiger partial charge in [-0.2, -0.15) is 0 Å². The van der Waals surface area contributed by atoms with Crippen LogP contribution >= 0.6 is 0 Å². The minimum absolute atomic E-state index is 0.242. The molecule has 0 unspecified atom stereocenters. The highest BCUT2D eigenvalue weighted by Gasteiger charge is 2.31. The van der Waals surface area contributed by atoms with E-state index >= 15 is 0 Å². The molecule has 2 aliphatic rings. The third-order valence-electron chi connectivity index (χ3n) is 5.41. The van der Waals surface area contributed by atoms with Gasteiger partial charge >= 0.3 is 0 Å². The highest BCUT2D eigenvalue weighted by atomic mass is 16.6. The van der Waals surface area contributed by atoms with Crippen molar-refractivity contribution in [2.45, 2.75) is 45.1 Å². The fourth-order valence-corrected chi connectivity index (χ4v) is 4.20. The molecule has 1 aliphatic heterocycles. The molecule has 0 aromatic heterocycles. The van der Waals surface area contributed by atoms with Crippen LogP contribution in [-0.2, 0) is 0 Å². The van der Waals surface area contributed by atoms with Gasteiger partial charge in [0.05, 0.1) is 4.92 Å². The van der Waals surface area contributed by atoms with E-state index in [1.807, 2.05) is 19.1 Å². The van der Waals surface area contributed by atoms with Crippen molar-refractivity contribution in [3.8, 4) is 0 Å². The van der Waals surface area contributed by atoms with E-state index < -0.39 is 0 Å². The monoisotopic (exact) mass is 317 g/mol. The number of nitrogens with zero attached hydrogens (tertiary/aromatic N) is 2. The number of benzene rings is 1. The van der Waals surface area contributed by atoms with Gasteiger partial charge in [-0.05, 0) is 31.2 Å². The molecular formula is C18H27N3O2. The van der Waals surface area contributed by atoms with Gasteiger partial charge in [-0.15, -0.1) is 0 Å². The van der Waals surface area contributed by atoms with Crippen molar-refractivity contribution >= 4 is 5.69 Å². The molecule has 2 fully saturated rings. The van der Waals surface area contributed by atoms with Crippen molar-refractivity contribution in [3.05, 3.63) is 39.4 Å². The van der Waals surface area contributed by atoms with E-state index in [0.29, 0.717) is 12.0 Å². The zero-order valence-electron chi connectivity index (χ0n) is 14.0. The predicted octanol–water partition coefficient (Wildman–Crippen LogP) is 3.43. The summed E-state index contributed by atoms with van der Waals surface area (Å²) in [6, 6.07) is 6.20. The number of nitrogens with one attached hydrogen (secondary N) is 1. The summed E-state index contributed by atoms with van der Waals surface area (Å²) in [7, 11) is 0. The maximum Gasteiger partial charge on any atom is 0.272 e. The van der Waals surface area contributed by atoms with Gasteiger partial charge in [0.15, 0.2) is 0 Å². The lowest BCUT2D eigenvalue weighted by molar-refractivity contribution is -0.385. The van der Waals surface area contributed by atoms with Crippen molar-refractivity contribution in [2.24, 2.45) is 5.92 Å². The Bertz CT molecular complexity index is 531. The number of nitro groups is 1. The average molecular weight is 317 g/mol. The Hall–Kier alpha value is -1.46. The first kappa shape index (κ1) is 16.4. The van der Waals surface area contributed by atoms with E-state index in [1.165, 1.54) is 32.1 Å². The van der Waals surface area contributed by atoms with Gasteiger partial charge < -0.3 is 5.32 Å². The van der Waals surface area contributed by atoms with Crippen LogP contribution in [0.15, 0.2) is 18.2 Å². The van der Waals surface area contributed by atoms with E-state index in [4.69, 9.17) is 0 Å². The smallest absolute Gasteiger partial charge is 0.272 e. The van der Waals surface area contributed by atoms with Gasteiger partial charge in [-0.25, -0.2) is 0 Å². The van der Waals surface area contributed by atoms with Crippen LogP contribution in [0.3, 0.4) is 0 Å². The molecule has 5 nitrogen and oxygen atoms in total. The SMILES string of the molecule is Cc1ccc([C@H](C2CCCCC2)N2CCNCC2)cc1[N+](=O)[O-]. The molecule has 0 bridgehead atoms. The van der Waals surface area contributed by atoms with Crippen LogP contribution in [-0.4, -0.2) is 36.0 Å². The molecule has 1 aliphatic carbocycles. The standard InChI is InChI=1S/C18H27N3O2/c1-14-7-8-16(13-17(14)21(22)23)18(15-5-3-2-4-6-15)20-11-9-19-10-12-20/h7-8,13,15,18-19H,2-6,9-12H2,1H3/t18-/m0/s1. The lowest BCUT2D eigenvalue weighted by Gasteiger charge is -2.41. The number of hydrogen-bond donors (Lipinski definition) is 1. The van der Waals surface area contributed by atoms with Gasteiger partial charge in [0.25, 0.3) is 5.69 Å². The summed E-state index contributed by atoms with van der Waals surface area (Å²) in [4.78, 5) is 13.6. The van der Waals surface area contributed by atoms with Crippen LogP contribution in [0.2, 0.25) is 0 Å². The summed E-state index contributed by atoms with van der Waals surface area (Å²) in [5, 5.41) is 14.7. The van der Waals surface area contributed by atoms with Crippen LogP contribution in [0.4, 0.5) is 5.69 Å². The molecular weight excluding hydrogens is 290 g/mol. The molecule has 23 heavy (non-hydrogen) atoms. The van der Waals surface area contributed by atoms with Crippen molar-refractivity contribution in [1.82, 2.24) is 10.2 Å². The van der Waals surface area contributed by atoms with Gasteiger partial charge in [-0.3, -0.25) is 15.0 Å². The Labute approximate surface area is 138 Å².